The summed E-state index contributed by atoms with van der Waals surface area (Å²) in [7, 11) is 1.65. The molecule has 5 heteroatoms. The second-order valence-electron chi connectivity index (χ2n) is 7.01. The first-order chi connectivity index (χ1) is 14.7. The minimum atomic E-state index is -0.0602. The van der Waals surface area contributed by atoms with Gasteiger partial charge in [0, 0.05) is 17.3 Å². The van der Waals surface area contributed by atoms with Gasteiger partial charge in [-0.1, -0.05) is 54.6 Å². The summed E-state index contributed by atoms with van der Waals surface area (Å²) in [6.07, 6.45) is 1.76. The topological polar surface area (TPSA) is 46.2 Å². The third-order valence-corrected chi connectivity index (χ3v) is 5.33. The summed E-state index contributed by atoms with van der Waals surface area (Å²) in [5.41, 5.74) is 5.23. The molecule has 0 fully saturated rings. The van der Waals surface area contributed by atoms with Crippen molar-refractivity contribution in [2.24, 2.45) is 0 Å². The van der Waals surface area contributed by atoms with Crippen molar-refractivity contribution < 1.29 is 4.74 Å². The van der Waals surface area contributed by atoms with Crippen LogP contribution in [-0.2, 0) is 0 Å². The van der Waals surface area contributed by atoms with Crippen molar-refractivity contribution in [2.75, 3.05) is 12.4 Å². The zero-order valence-corrected chi connectivity index (χ0v) is 17.7. The Labute approximate surface area is 181 Å². The van der Waals surface area contributed by atoms with Gasteiger partial charge < -0.3 is 15.4 Å². The van der Waals surface area contributed by atoms with E-state index in [9.17, 15) is 0 Å². The van der Waals surface area contributed by atoms with Gasteiger partial charge in [0.15, 0.2) is 5.11 Å². The minimum absolute atomic E-state index is 0.0602. The van der Waals surface area contributed by atoms with Gasteiger partial charge in [-0.25, -0.2) is 0 Å². The second kappa shape index (κ2) is 8.93. The fourth-order valence-corrected chi connectivity index (χ4v) is 3.83. The number of nitrogens with zero attached hydrogens (tertiary/aromatic N) is 1. The highest BCUT2D eigenvalue weighted by molar-refractivity contribution is 7.80. The Morgan fingerprint density at radius 3 is 2.47 bits per heavy atom. The molecule has 0 bridgehead atoms. The van der Waals surface area contributed by atoms with E-state index in [4.69, 9.17) is 17.0 Å². The van der Waals surface area contributed by atoms with Crippen LogP contribution in [0.2, 0.25) is 0 Å². The molecule has 0 spiro atoms. The molecule has 0 radical (unpaired) electrons. The van der Waals surface area contributed by atoms with E-state index < -0.39 is 0 Å². The lowest BCUT2D eigenvalue weighted by atomic mass is 9.95. The highest BCUT2D eigenvalue weighted by atomic mass is 32.1. The van der Waals surface area contributed by atoms with E-state index in [1.54, 1.807) is 13.3 Å². The molecule has 0 aliphatic rings. The molecule has 2 N–H and O–H groups in total. The number of methoxy groups -OCH3 is 1. The average Bonchev–Trinajstić information content (AvgIpc) is 2.79. The summed E-state index contributed by atoms with van der Waals surface area (Å²) in [4.78, 5) is 4.46. The van der Waals surface area contributed by atoms with Crippen LogP contribution in [0.4, 0.5) is 5.69 Å². The predicted octanol–water partition coefficient (Wildman–Crippen LogP) is 5.63. The molecule has 0 aliphatic carbocycles. The van der Waals surface area contributed by atoms with Crippen LogP contribution in [0.15, 0.2) is 85.1 Å². The van der Waals surface area contributed by atoms with Crippen molar-refractivity contribution in [2.45, 2.75) is 13.0 Å². The summed E-state index contributed by atoms with van der Waals surface area (Å²) in [6.45, 7) is 2.12. The SMILES string of the molecule is COc1ccc(NC(=S)N[C@@H](c2ccccc2)c2ccccc2C)c2cccnc12. The Morgan fingerprint density at radius 1 is 0.933 bits per heavy atom. The molecular formula is C25H23N3OS. The number of rotatable bonds is 5. The monoisotopic (exact) mass is 413 g/mol. The maximum absolute atomic E-state index is 5.71. The Bertz CT molecular complexity index is 1180. The maximum Gasteiger partial charge on any atom is 0.171 e. The van der Waals surface area contributed by atoms with Gasteiger partial charge in [0.2, 0.25) is 0 Å². The number of nitrogens with one attached hydrogen (secondary N) is 2. The van der Waals surface area contributed by atoms with Gasteiger partial charge in [-0.3, -0.25) is 4.98 Å². The van der Waals surface area contributed by atoms with Gasteiger partial charge >= 0.3 is 0 Å². The number of anilines is 1. The summed E-state index contributed by atoms with van der Waals surface area (Å²) in [5.74, 6) is 0.733. The standard InChI is InChI=1S/C25H23N3OS/c1-17-9-6-7-12-19(17)23(18-10-4-3-5-11-18)28-25(30)27-21-14-15-22(29-2)24-20(21)13-8-16-26-24/h3-16,23H,1-2H3,(H2,27,28,30)/t23-/m0/s1. The first-order valence-electron chi connectivity index (χ1n) is 9.77. The van der Waals surface area contributed by atoms with E-state index in [-0.39, 0.29) is 6.04 Å². The van der Waals surface area contributed by atoms with Crippen LogP contribution < -0.4 is 15.4 Å². The average molecular weight is 414 g/mol. The molecule has 3 aromatic carbocycles. The third-order valence-electron chi connectivity index (χ3n) is 5.11. The van der Waals surface area contributed by atoms with Crippen molar-refractivity contribution in [1.82, 2.24) is 10.3 Å². The molecule has 4 rings (SSSR count). The van der Waals surface area contributed by atoms with E-state index in [1.807, 2.05) is 48.5 Å². The van der Waals surface area contributed by atoms with Gasteiger partial charge in [-0.15, -0.1) is 0 Å². The zero-order chi connectivity index (χ0) is 20.9. The number of benzene rings is 3. The molecule has 0 saturated carbocycles. The molecule has 0 saturated heterocycles. The number of fused-ring (bicyclic) bond motifs is 1. The van der Waals surface area contributed by atoms with Gasteiger partial charge in [0.25, 0.3) is 0 Å². The lowest BCUT2D eigenvalue weighted by Crippen LogP contribution is -2.33. The van der Waals surface area contributed by atoms with E-state index in [0.29, 0.717) is 5.11 Å². The van der Waals surface area contributed by atoms with E-state index in [1.165, 1.54) is 11.1 Å². The number of hydrogen-bond donors (Lipinski definition) is 2. The third kappa shape index (κ3) is 4.11. The zero-order valence-electron chi connectivity index (χ0n) is 16.9. The Morgan fingerprint density at radius 2 is 1.70 bits per heavy atom. The quantitative estimate of drug-likeness (QED) is 0.415. The number of ether oxygens (including phenoxy) is 1. The molecule has 30 heavy (non-hydrogen) atoms. The molecule has 0 aliphatic heterocycles. The van der Waals surface area contributed by atoms with Crippen molar-refractivity contribution in [3.8, 4) is 5.75 Å². The Balaban J connectivity index is 1.65. The first kappa shape index (κ1) is 19.9. The van der Waals surface area contributed by atoms with E-state index >= 15 is 0 Å². The van der Waals surface area contributed by atoms with Crippen LogP contribution in [-0.4, -0.2) is 17.2 Å². The summed E-state index contributed by atoms with van der Waals surface area (Å²) in [6, 6.07) is 26.4. The Hall–Kier alpha value is -3.44. The van der Waals surface area contributed by atoms with Gasteiger partial charge in [0.05, 0.1) is 13.2 Å². The largest absolute Gasteiger partial charge is 0.494 e. The van der Waals surface area contributed by atoms with Crippen LogP contribution in [0, 0.1) is 6.92 Å². The van der Waals surface area contributed by atoms with Crippen LogP contribution in [0.25, 0.3) is 10.9 Å². The summed E-state index contributed by atoms with van der Waals surface area (Å²) < 4.78 is 5.44. The number of thiocarbonyl (C=S) groups is 1. The molecular weight excluding hydrogens is 390 g/mol. The minimum Gasteiger partial charge on any atom is -0.494 e. The molecule has 4 nitrogen and oxygen atoms in total. The highest BCUT2D eigenvalue weighted by Crippen LogP contribution is 2.30. The fourth-order valence-electron chi connectivity index (χ4n) is 3.61. The fraction of sp³-hybridized carbons (Fsp3) is 0.120. The van der Waals surface area contributed by atoms with Crippen molar-refractivity contribution in [1.29, 1.82) is 0 Å². The predicted molar refractivity (Wildman–Crippen MR) is 127 cm³/mol. The molecule has 1 heterocycles. The van der Waals surface area contributed by atoms with Gasteiger partial charge in [-0.2, -0.15) is 0 Å². The molecule has 150 valence electrons. The van der Waals surface area contributed by atoms with E-state index in [2.05, 4.69) is 52.9 Å². The van der Waals surface area contributed by atoms with Crippen LogP contribution in [0.5, 0.6) is 5.75 Å². The number of aryl methyl sites for hydroxylation is 1. The molecule has 0 unspecified atom stereocenters. The van der Waals surface area contributed by atoms with Crippen LogP contribution >= 0.6 is 12.2 Å². The second-order valence-corrected chi connectivity index (χ2v) is 7.42. The smallest absolute Gasteiger partial charge is 0.171 e. The number of hydrogen-bond acceptors (Lipinski definition) is 3. The van der Waals surface area contributed by atoms with Gasteiger partial charge in [-0.05, 0) is 60.1 Å². The summed E-state index contributed by atoms with van der Waals surface area (Å²) in [5, 5.41) is 8.35. The lowest BCUT2D eigenvalue weighted by Gasteiger charge is -2.24. The lowest BCUT2D eigenvalue weighted by molar-refractivity contribution is 0.419. The van der Waals surface area contributed by atoms with Crippen molar-refractivity contribution in [3.05, 3.63) is 102 Å². The Kier molecular flexibility index (Phi) is 5.91. The number of aromatic nitrogens is 1. The highest BCUT2D eigenvalue weighted by Gasteiger charge is 2.17. The van der Waals surface area contributed by atoms with Gasteiger partial charge in [0.1, 0.15) is 11.3 Å². The van der Waals surface area contributed by atoms with Crippen LogP contribution in [0.3, 0.4) is 0 Å². The van der Waals surface area contributed by atoms with E-state index in [0.717, 1.165) is 27.9 Å². The molecule has 0 amide bonds. The van der Waals surface area contributed by atoms with Crippen LogP contribution in [0.1, 0.15) is 22.7 Å². The molecule has 1 atom stereocenters. The molecule has 4 aromatic rings. The van der Waals surface area contributed by atoms with Crippen molar-refractivity contribution in [3.63, 3.8) is 0 Å². The first-order valence-corrected chi connectivity index (χ1v) is 10.2. The van der Waals surface area contributed by atoms with Crippen molar-refractivity contribution >= 4 is 33.9 Å². The normalized spacial score (nSPS) is 11.7. The number of pyridine rings is 1. The maximum atomic E-state index is 5.71. The molecule has 1 aromatic heterocycles. The summed E-state index contributed by atoms with van der Waals surface area (Å²) >= 11 is 5.71.